The predicted molar refractivity (Wildman–Crippen MR) is 77.1 cm³/mol. The molecule has 0 fully saturated rings. The molecule has 0 spiro atoms. The van der Waals surface area contributed by atoms with Crippen molar-refractivity contribution < 1.29 is 4.79 Å². The average Bonchev–Trinajstić information content (AvgIpc) is 2.88. The molecule has 6 heteroatoms. The van der Waals surface area contributed by atoms with Gasteiger partial charge in [0.15, 0.2) is 0 Å². The monoisotopic (exact) mass is 276 g/mol. The minimum absolute atomic E-state index is 0.0549. The zero-order valence-corrected chi connectivity index (χ0v) is 11.7. The number of anilines is 1. The zero-order chi connectivity index (χ0) is 13.8. The molecule has 2 aromatic heterocycles. The molecule has 0 saturated heterocycles. The first-order valence-corrected chi connectivity index (χ1v) is 6.91. The van der Waals surface area contributed by atoms with Crippen molar-refractivity contribution in [3.05, 3.63) is 29.3 Å². The smallest absolute Gasteiger partial charge is 0.239 e. The van der Waals surface area contributed by atoms with Crippen LogP contribution in [-0.2, 0) is 4.79 Å². The zero-order valence-electron chi connectivity index (χ0n) is 10.9. The SMILES string of the molecule is CC(C)c1csc(-c2cccc(NC(=O)CN)n2)n1. The molecule has 0 bridgehead atoms. The number of carbonyl (C=O) groups is 1. The summed E-state index contributed by atoms with van der Waals surface area (Å²) >= 11 is 1.55. The molecule has 0 aromatic carbocycles. The molecule has 0 saturated carbocycles. The quantitative estimate of drug-likeness (QED) is 0.897. The van der Waals surface area contributed by atoms with Gasteiger partial charge in [0.25, 0.3) is 0 Å². The van der Waals surface area contributed by atoms with Crippen LogP contribution in [0.3, 0.4) is 0 Å². The van der Waals surface area contributed by atoms with E-state index in [0.717, 1.165) is 16.4 Å². The minimum Gasteiger partial charge on any atom is -0.322 e. The lowest BCUT2D eigenvalue weighted by Gasteiger charge is -2.03. The molecule has 0 atom stereocenters. The van der Waals surface area contributed by atoms with Gasteiger partial charge in [-0.1, -0.05) is 19.9 Å². The van der Waals surface area contributed by atoms with E-state index in [2.05, 4.69) is 29.1 Å². The van der Waals surface area contributed by atoms with E-state index in [0.29, 0.717) is 11.7 Å². The van der Waals surface area contributed by atoms with Crippen molar-refractivity contribution >= 4 is 23.1 Å². The summed E-state index contributed by atoms with van der Waals surface area (Å²) in [6.45, 7) is 4.15. The molecule has 1 amide bonds. The van der Waals surface area contributed by atoms with E-state index in [1.165, 1.54) is 0 Å². The van der Waals surface area contributed by atoms with Crippen LogP contribution in [-0.4, -0.2) is 22.4 Å². The van der Waals surface area contributed by atoms with E-state index in [1.54, 1.807) is 17.4 Å². The van der Waals surface area contributed by atoms with Crippen molar-refractivity contribution in [2.24, 2.45) is 5.73 Å². The van der Waals surface area contributed by atoms with E-state index >= 15 is 0 Å². The van der Waals surface area contributed by atoms with Crippen molar-refractivity contribution in [3.8, 4) is 10.7 Å². The Morgan fingerprint density at radius 3 is 2.84 bits per heavy atom. The molecule has 5 nitrogen and oxygen atoms in total. The fourth-order valence-corrected chi connectivity index (χ4v) is 2.44. The highest BCUT2D eigenvalue weighted by atomic mass is 32.1. The van der Waals surface area contributed by atoms with Crippen LogP contribution in [0.15, 0.2) is 23.6 Å². The van der Waals surface area contributed by atoms with Crippen molar-refractivity contribution in [2.75, 3.05) is 11.9 Å². The average molecular weight is 276 g/mol. The van der Waals surface area contributed by atoms with Gasteiger partial charge in [-0.15, -0.1) is 11.3 Å². The lowest BCUT2D eigenvalue weighted by Crippen LogP contribution is -2.22. The molecular weight excluding hydrogens is 260 g/mol. The van der Waals surface area contributed by atoms with Crippen LogP contribution < -0.4 is 11.1 Å². The third kappa shape index (κ3) is 3.36. The minimum atomic E-state index is -0.258. The fraction of sp³-hybridized carbons (Fsp3) is 0.308. The molecule has 0 aliphatic rings. The molecule has 0 aliphatic carbocycles. The van der Waals surface area contributed by atoms with Gasteiger partial charge in [-0.25, -0.2) is 9.97 Å². The summed E-state index contributed by atoms with van der Waals surface area (Å²) in [5.41, 5.74) is 7.07. The largest absolute Gasteiger partial charge is 0.322 e. The number of nitrogens with zero attached hydrogens (tertiary/aromatic N) is 2. The van der Waals surface area contributed by atoms with Crippen LogP contribution in [0.2, 0.25) is 0 Å². The van der Waals surface area contributed by atoms with Crippen molar-refractivity contribution in [2.45, 2.75) is 19.8 Å². The van der Waals surface area contributed by atoms with Crippen molar-refractivity contribution in [1.82, 2.24) is 9.97 Å². The Labute approximate surface area is 115 Å². The van der Waals surface area contributed by atoms with Gasteiger partial charge < -0.3 is 11.1 Å². The molecule has 100 valence electrons. The Bertz CT molecular complexity index is 580. The van der Waals surface area contributed by atoms with Crippen LogP contribution in [0.4, 0.5) is 5.82 Å². The molecule has 0 aliphatic heterocycles. The first kappa shape index (κ1) is 13.6. The second kappa shape index (κ2) is 5.90. The van der Waals surface area contributed by atoms with E-state index in [4.69, 9.17) is 5.73 Å². The fourth-order valence-electron chi connectivity index (χ4n) is 1.49. The Kier molecular flexibility index (Phi) is 4.24. The number of hydrogen-bond acceptors (Lipinski definition) is 5. The molecule has 0 radical (unpaired) electrons. The molecule has 2 rings (SSSR count). The summed E-state index contributed by atoms with van der Waals surface area (Å²) in [5.74, 6) is 0.631. The van der Waals surface area contributed by atoms with Crippen molar-refractivity contribution in [3.63, 3.8) is 0 Å². The number of rotatable bonds is 4. The van der Waals surface area contributed by atoms with Crippen molar-refractivity contribution in [1.29, 1.82) is 0 Å². The van der Waals surface area contributed by atoms with Gasteiger partial charge in [0.05, 0.1) is 12.2 Å². The number of nitrogens with two attached hydrogens (primary N) is 1. The van der Waals surface area contributed by atoms with Gasteiger partial charge >= 0.3 is 0 Å². The van der Waals surface area contributed by atoms with E-state index in [1.807, 2.05) is 17.5 Å². The molecule has 0 unspecified atom stereocenters. The summed E-state index contributed by atoms with van der Waals surface area (Å²) in [6.07, 6.45) is 0. The molecule has 2 aromatic rings. The molecule has 19 heavy (non-hydrogen) atoms. The van der Waals surface area contributed by atoms with Gasteiger partial charge in [0.1, 0.15) is 16.5 Å². The lowest BCUT2D eigenvalue weighted by atomic mass is 10.2. The van der Waals surface area contributed by atoms with E-state index in [-0.39, 0.29) is 12.5 Å². The maximum Gasteiger partial charge on any atom is 0.239 e. The number of thiazole rings is 1. The van der Waals surface area contributed by atoms with Crippen LogP contribution in [0.5, 0.6) is 0 Å². The van der Waals surface area contributed by atoms with Crippen LogP contribution in [0, 0.1) is 0 Å². The number of hydrogen-bond donors (Lipinski definition) is 2. The summed E-state index contributed by atoms with van der Waals surface area (Å²) in [7, 11) is 0. The normalized spacial score (nSPS) is 10.7. The van der Waals surface area contributed by atoms with Gasteiger partial charge in [0, 0.05) is 5.38 Å². The predicted octanol–water partition coefficient (Wildman–Crippen LogP) is 2.23. The summed E-state index contributed by atoms with van der Waals surface area (Å²) < 4.78 is 0. The summed E-state index contributed by atoms with van der Waals surface area (Å²) in [5, 5.41) is 5.52. The maximum atomic E-state index is 11.2. The summed E-state index contributed by atoms with van der Waals surface area (Å²) in [6, 6.07) is 5.44. The topological polar surface area (TPSA) is 80.9 Å². The highest BCUT2D eigenvalue weighted by Crippen LogP contribution is 2.26. The Morgan fingerprint density at radius 1 is 1.42 bits per heavy atom. The highest BCUT2D eigenvalue weighted by molar-refractivity contribution is 7.13. The number of nitrogens with one attached hydrogen (secondary N) is 1. The Hall–Kier alpha value is -1.79. The summed E-state index contributed by atoms with van der Waals surface area (Å²) in [4.78, 5) is 20.1. The second-order valence-electron chi connectivity index (χ2n) is 4.39. The van der Waals surface area contributed by atoms with Gasteiger partial charge in [-0.05, 0) is 18.1 Å². The Morgan fingerprint density at radius 2 is 2.21 bits per heavy atom. The number of amides is 1. The maximum absolute atomic E-state index is 11.2. The van der Waals surface area contributed by atoms with Gasteiger partial charge in [0.2, 0.25) is 5.91 Å². The van der Waals surface area contributed by atoms with Crippen LogP contribution >= 0.6 is 11.3 Å². The van der Waals surface area contributed by atoms with E-state index in [9.17, 15) is 4.79 Å². The van der Waals surface area contributed by atoms with Crippen LogP contribution in [0.25, 0.3) is 10.7 Å². The first-order chi connectivity index (χ1) is 9.10. The highest BCUT2D eigenvalue weighted by Gasteiger charge is 2.09. The second-order valence-corrected chi connectivity index (χ2v) is 5.25. The molecule has 3 N–H and O–H groups in total. The third-order valence-electron chi connectivity index (χ3n) is 2.53. The van der Waals surface area contributed by atoms with E-state index < -0.39 is 0 Å². The Balaban J connectivity index is 2.24. The first-order valence-electron chi connectivity index (χ1n) is 6.03. The van der Waals surface area contributed by atoms with Crippen LogP contribution in [0.1, 0.15) is 25.5 Å². The lowest BCUT2D eigenvalue weighted by molar-refractivity contribution is -0.114. The standard InChI is InChI=1S/C13H16N4OS/c1-8(2)10-7-19-13(16-10)9-4-3-5-11(15-9)17-12(18)6-14/h3-5,7-8H,6,14H2,1-2H3,(H,15,17,18). The number of pyridine rings is 1. The molecular formula is C13H16N4OS. The number of aromatic nitrogens is 2. The van der Waals surface area contributed by atoms with Gasteiger partial charge in [-0.2, -0.15) is 0 Å². The van der Waals surface area contributed by atoms with Gasteiger partial charge in [-0.3, -0.25) is 4.79 Å². The number of carbonyl (C=O) groups excluding carboxylic acids is 1. The molecule has 2 heterocycles. The third-order valence-corrected chi connectivity index (χ3v) is 3.42.